The summed E-state index contributed by atoms with van der Waals surface area (Å²) in [5, 5.41) is 14.5. The third-order valence-corrected chi connectivity index (χ3v) is 6.50. The maximum Gasteiger partial charge on any atom is 0.511 e. The zero-order valence-electron chi connectivity index (χ0n) is 16.4. The van der Waals surface area contributed by atoms with Crippen molar-refractivity contribution in [3.8, 4) is 0 Å². The fourth-order valence-electron chi connectivity index (χ4n) is 3.23. The van der Waals surface area contributed by atoms with Crippen LogP contribution in [0, 0.1) is 5.92 Å². The molecule has 0 amide bonds. The SMILES string of the molecule is CCNC(=NCc1nnc2ccccn12)NCC1CCN(S(=O)(=O)C(F)(F)F)CC1. The molecule has 0 radical (unpaired) electrons. The minimum Gasteiger partial charge on any atom is -0.357 e. The van der Waals surface area contributed by atoms with E-state index in [1.54, 1.807) is 0 Å². The number of alkyl halides is 3. The zero-order chi connectivity index (χ0) is 21.8. The summed E-state index contributed by atoms with van der Waals surface area (Å²) in [5.74, 6) is 1.27. The Morgan fingerprint density at radius 3 is 2.63 bits per heavy atom. The molecule has 0 atom stereocenters. The molecule has 0 spiro atoms. The third-order valence-electron chi connectivity index (χ3n) is 4.87. The van der Waals surface area contributed by atoms with Crippen LogP contribution in [0.25, 0.3) is 5.65 Å². The van der Waals surface area contributed by atoms with Crippen LogP contribution in [-0.2, 0) is 16.6 Å². The van der Waals surface area contributed by atoms with E-state index >= 15 is 0 Å². The Kier molecular flexibility index (Phi) is 6.81. The van der Waals surface area contributed by atoms with E-state index < -0.39 is 15.5 Å². The zero-order valence-corrected chi connectivity index (χ0v) is 17.2. The second kappa shape index (κ2) is 9.16. The molecular weight excluding hydrogens is 423 g/mol. The first kappa shape index (κ1) is 22.3. The van der Waals surface area contributed by atoms with E-state index in [1.165, 1.54) is 0 Å². The van der Waals surface area contributed by atoms with E-state index in [0.717, 1.165) is 5.65 Å². The molecule has 0 aliphatic carbocycles. The van der Waals surface area contributed by atoms with Gasteiger partial charge in [0.1, 0.15) is 6.54 Å². The third kappa shape index (κ3) is 5.01. The van der Waals surface area contributed by atoms with Crippen LogP contribution in [-0.4, -0.2) is 65.0 Å². The summed E-state index contributed by atoms with van der Waals surface area (Å²) in [6, 6.07) is 5.58. The molecule has 3 rings (SSSR count). The molecule has 30 heavy (non-hydrogen) atoms. The molecule has 1 fully saturated rings. The lowest BCUT2D eigenvalue weighted by Crippen LogP contribution is -2.47. The minimum absolute atomic E-state index is 0.0439. The molecule has 3 heterocycles. The van der Waals surface area contributed by atoms with E-state index in [-0.39, 0.29) is 19.0 Å². The lowest BCUT2D eigenvalue weighted by atomic mass is 9.98. The van der Waals surface area contributed by atoms with Crippen molar-refractivity contribution in [3.63, 3.8) is 0 Å². The molecule has 0 unspecified atom stereocenters. The summed E-state index contributed by atoms with van der Waals surface area (Å²) in [4.78, 5) is 4.49. The van der Waals surface area contributed by atoms with E-state index in [2.05, 4.69) is 25.8 Å². The van der Waals surface area contributed by atoms with Crippen LogP contribution in [0.15, 0.2) is 29.4 Å². The predicted molar refractivity (Wildman–Crippen MR) is 105 cm³/mol. The highest BCUT2D eigenvalue weighted by atomic mass is 32.2. The summed E-state index contributed by atoms with van der Waals surface area (Å²) in [5.41, 5.74) is -4.53. The Hall–Kier alpha value is -2.41. The van der Waals surface area contributed by atoms with Crippen molar-refractivity contribution in [2.45, 2.75) is 31.8 Å². The van der Waals surface area contributed by atoms with Gasteiger partial charge in [0.2, 0.25) is 0 Å². The van der Waals surface area contributed by atoms with Crippen molar-refractivity contribution in [3.05, 3.63) is 30.2 Å². The monoisotopic (exact) mass is 447 g/mol. The molecule has 1 aliphatic rings. The Labute approximate surface area is 172 Å². The summed E-state index contributed by atoms with van der Waals surface area (Å²) in [6.45, 7) is 3.04. The first-order valence-electron chi connectivity index (χ1n) is 9.59. The molecule has 0 aromatic carbocycles. The van der Waals surface area contributed by atoms with Gasteiger partial charge in [-0.2, -0.15) is 17.5 Å². The lowest BCUT2D eigenvalue weighted by molar-refractivity contribution is -0.0496. The maximum absolute atomic E-state index is 12.7. The van der Waals surface area contributed by atoms with Crippen LogP contribution in [0.3, 0.4) is 0 Å². The first-order valence-corrected chi connectivity index (χ1v) is 11.0. The highest BCUT2D eigenvalue weighted by molar-refractivity contribution is 7.90. The second-order valence-corrected chi connectivity index (χ2v) is 8.84. The van der Waals surface area contributed by atoms with Crippen molar-refractivity contribution in [2.24, 2.45) is 10.9 Å². The van der Waals surface area contributed by atoms with E-state index in [9.17, 15) is 21.6 Å². The number of nitrogens with one attached hydrogen (secondary N) is 2. The Balaban J connectivity index is 1.55. The molecule has 2 N–H and O–H groups in total. The number of halogens is 3. The molecule has 2 aromatic rings. The summed E-state index contributed by atoms with van der Waals surface area (Å²) >= 11 is 0. The van der Waals surface area contributed by atoms with Crippen molar-refractivity contribution < 1.29 is 21.6 Å². The summed E-state index contributed by atoms with van der Waals surface area (Å²) in [6.07, 6.45) is 2.54. The average molecular weight is 447 g/mol. The van der Waals surface area contributed by atoms with Gasteiger partial charge >= 0.3 is 15.5 Å². The number of guanidine groups is 1. The van der Waals surface area contributed by atoms with E-state index in [4.69, 9.17) is 0 Å². The van der Waals surface area contributed by atoms with Gasteiger partial charge < -0.3 is 10.6 Å². The molecule has 1 aliphatic heterocycles. The summed E-state index contributed by atoms with van der Waals surface area (Å²) < 4.78 is 63.4. The van der Waals surface area contributed by atoms with Gasteiger partial charge in [0.25, 0.3) is 0 Å². The van der Waals surface area contributed by atoms with Gasteiger partial charge in [-0.05, 0) is 37.8 Å². The summed E-state index contributed by atoms with van der Waals surface area (Å²) in [7, 11) is -5.25. The minimum atomic E-state index is -5.26. The molecule has 9 nitrogen and oxygen atoms in total. The smallest absolute Gasteiger partial charge is 0.357 e. The fourth-order valence-corrected chi connectivity index (χ4v) is 4.22. The van der Waals surface area contributed by atoms with Crippen molar-refractivity contribution in [2.75, 3.05) is 26.2 Å². The van der Waals surface area contributed by atoms with E-state index in [1.807, 2.05) is 35.7 Å². The largest absolute Gasteiger partial charge is 0.511 e. The van der Waals surface area contributed by atoms with Gasteiger partial charge in [-0.25, -0.2) is 13.4 Å². The number of fused-ring (bicyclic) bond motifs is 1. The van der Waals surface area contributed by atoms with Crippen molar-refractivity contribution in [1.29, 1.82) is 0 Å². The molecule has 0 saturated carbocycles. The number of hydrogen-bond donors (Lipinski definition) is 2. The Morgan fingerprint density at radius 2 is 1.97 bits per heavy atom. The highest BCUT2D eigenvalue weighted by Gasteiger charge is 2.50. The van der Waals surface area contributed by atoms with Crippen molar-refractivity contribution in [1.82, 2.24) is 29.5 Å². The molecule has 166 valence electrons. The van der Waals surface area contributed by atoms with Crippen LogP contribution < -0.4 is 10.6 Å². The average Bonchev–Trinajstić information content (AvgIpc) is 3.13. The first-order chi connectivity index (χ1) is 14.2. The van der Waals surface area contributed by atoms with Crippen LogP contribution >= 0.6 is 0 Å². The van der Waals surface area contributed by atoms with Gasteiger partial charge in [-0.15, -0.1) is 10.2 Å². The number of hydrogen-bond acceptors (Lipinski definition) is 5. The molecule has 2 aromatic heterocycles. The second-order valence-electron chi connectivity index (χ2n) is 6.91. The topological polar surface area (TPSA) is 104 Å². The van der Waals surface area contributed by atoms with Gasteiger partial charge in [0.05, 0.1) is 0 Å². The van der Waals surface area contributed by atoms with Crippen molar-refractivity contribution >= 4 is 21.6 Å². The maximum atomic E-state index is 12.7. The molecule has 0 bridgehead atoms. The fraction of sp³-hybridized carbons (Fsp3) is 0.588. The number of sulfonamides is 1. The molecular formula is C17H24F3N7O2S. The van der Waals surface area contributed by atoms with Gasteiger partial charge in [-0.3, -0.25) is 4.40 Å². The number of piperidine rings is 1. The standard InChI is InChI=1S/C17H24F3N7O2S/c1-2-21-16(23-12-15-25-24-14-5-3-4-8-27(14)15)22-11-13-6-9-26(10-7-13)30(28,29)17(18,19)20/h3-5,8,13H,2,6-7,9-12H2,1H3,(H2,21,22,23). The predicted octanol–water partition coefficient (Wildman–Crippen LogP) is 1.35. The Morgan fingerprint density at radius 1 is 1.23 bits per heavy atom. The number of aromatic nitrogens is 3. The number of pyridine rings is 1. The normalized spacial score (nSPS) is 17.4. The molecule has 1 saturated heterocycles. The number of rotatable bonds is 6. The quantitative estimate of drug-likeness (QED) is 0.512. The van der Waals surface area contributed by atoms with Crippen LogP contribution in [0.4, 0.5) is 13.2 Å². The lowest BCUT2D eigenvalue weighted by Gasteiger charge is -2.31. The van der Waals surface area contributed by atoms with E-state index in [0.29, 0.717) is 48.6 Å². The Bertz CT molecular complexity index is 983. The van der Waals surface area contributed by atoms with Crippen LogP contribution in [0.2, 0.25) is 0 Å². The van der Waals surface area contributed by atoms with Gasteiger partial charge in [0.15, 0.2) is 17.4 Å². The van der Waals surface area contributed by atoms with Crippen LogP contribution in [0.5, 0.6) is 0 Å². The number of nitrogens with zero attached hydrogens (tertiary/aromatic N) is 5. The van der Waals surface area contributed by atoms with Gasteiger partial charge in [-0.1, -0.05) is 6.07 Å². The van der Waals surface area contributed by atoms with Crippen LogP contribution in [0.1, 0.15) is 25.6 Å². The van der Waals surface area contributed by atoms with Gasteiger partial charge in [0, 0.05) is 32.4 Å². The highest BCUT2D eigenvalue weighted by Crippen LogP contribution is 2.30. The molecule has 13 heteroatoms. The number of aliphatic imine (C=N–C) groups is 1.